The van der Waals surface area contributed by atoms with Gasteiger partial charge in [0, 0.05) is 5.56 Å². The molecular weight excluding hydrogens is 304 g/mol. The predicted molar refractivity (Wildman–Crippen MR) is 94.9 cm³/mol. The van der Waals surface area contributed by atoms with Crippen LogP contribution in [0.4, 0.5) is 0 Å². The lowest BCUT2D eigenvalue weighted by molar-refractivity contribution is 0.0955. The summed E-state index contributed by atoms with van der Waals surface area (Å²) in [6, 6.07) is 14.4. The molecule has 24 heavy (non-hydrogen) atoms. The van der Waals surface area contributed by atoms with E-state index >= 15 is 0 Å². The summed E-state index contributed by atoms with van der Waals surface area (Å²) in [4.78, 5) is 12.0. The van der Waals surface area contributed by atoms with E-state index in [1.807, 2.05) is 45.0 Å². The van der Waals surface area contributed by atoms with Crippen molar-refractivity contribution in [1.29, 1.82) is 0 Å². The van der Waals surface area contributed by atoms with Gasteiger partial charge in [-0.05, 0) is 74.9 Å². The molecule has 126 valence electrons. The largest absolute Gasteiger partial charge is 0.494 e. The molecule has 0 saturated carbocycles. The fraction of sp³-hybridized carbons (Fsp3) is 0.263. The summed E-state index contributed by atoms with van der Waals surface area (Å²) in [6.45, 7) is 6.46. The normalized spacial score (nSPS) is 10.8. The first-order valence-corrected chi connectivity index (χ1v) is 7.91. The van der Waals surface area contributed by atoms with Crippen LogP contribution < -0.4 is 14.9 Å². The minimum absolute atomic E-state index is 0.137. The number of ether oxygens (including phenoxy) is 2. The van der Waals surface area contributed by atoms with Crippen LogP contribution in [0.2, 0.25) is 0 Å². The highest BCUT2D eigenvalue weighted by Gasteiger charge is 2.04. The maximum absolute atomic E-state index is 12.0. The van der Waals surface area contributed by atoms with Crippen LogP contribution in [0.1, 0.15) is 36.7 Å². The number of benzene rings is 2. The Morgan fingerprint density at radius 1 is 1.08 bits per heavy atom. The van der Waals surface area contributed by atoms with Gasteiger partial charge in [-0.25, -0.2) is 5.43 Å². The smallest absolute Gasteiger partial charge is 0.271 e. The van der Waals surface area contributed by atoms with E-state index in [1.54, 1.807) is 30.5 Å². The Labute approximate surface area is 142 Å². The summed E-state index contributed by atoms with van der Waals surface area (Å²) in [5, 5.41) is 3.97. The first-order chi connectivity index (χ1) is 11.6. The molecule has 0 aliphatic heterocycles. The van der Waals surface area contributed by atoms with Crippen LogP contribution in [-0.2, 0) is 0 Å². The molecule has 0 aliphatic rings. The van der Waals surface area contributed by atoms with Crippen molar-refractivity contribution in [3.8, 4) is 11.5 Å². The Morgan fingerprint density at radius 3 is 2.29 bits per heavy atom. The molecule has 0 radical (unpaired) electrons. The molecule has 0 bridgehead atoms. The van der Waals surface area contributed by atoms with Gasteiger partial charge < -0.3 is 9.47 Å². The monoisotopic (exact) mass is 326 g/mol. The van der Waals surface area contributed by atoms with Crippen LogP contribution in [0.15, 0.2) is 53.6 Å². The van der Waals surface area contributed by atoms with Crippen LogP contribution in [-0.4, -0.2) is 24.8 Å². The Morgan fingerprint density at radius 2 is 1.71 bits per heavy atom. The van der Waals surface area contributed by atoms with E-state index < -0.39 is 0 Å². The summed E-state index contributed by atoms with van der Waals surface area (Å²) in [6.07, 6.45) is 1.73. The fourth-order valence-corrected chi connectivity index (χ4v) is 2.00. The molecule has 0 atom stereocenters. The number of hydrazone groups is 1. The first kappa shape index (κ1) is 17.5. The van der Waals surface area contributed by atoms with Crippen LogP contribution in [0, 0.1) is 0 Å². The molecule has 1 amide bonds. The minimum Gasteiger partial charge on any atom is -0.494 e. The van der Waals surface area contributed by atoms with Gasteiger partial charge in [0.25, 0.3) is 5.91 Å². The van der Waals surface area contributed by atoms with Crippen LogP contribution in [0.5, 0.6) is 11.5 Å². The second-order valence-corrected chi connectivity index (χ2v) is 5.39. The summed E-state index contributed by atoms with van der Waals surface area (Å²) in [5.74, 6) is 1.27. The maximum atomic E-state index is 12.0. The van der Waals surface area contributed by atoms with Gasteiger partial charge in [-0.2, -0.15) is 5.10 Å². The zero-order chi connectivity index (χ0) is 17.4. The van der Waals surface area contributed by atoms with Crippen LogP contribution >= 0.6 is 0 Å². The molecule has 0 spiro atoms. The number of rotatable bonds is 7. The number of carbonyl (C=O) groups excluding carboxylic acids is 1. The van der Waals surface area contributed by atoms with Crippen molar-refractivity contribution >= 4 is 12.1 Å². The average molecular weight is 326 g/mol. The third-order valence-corrected chi connectivity index (χ3v) is 3.06. The molecule has 2 rings (SSSR count). The number of hydrogen-bond donors (Lipinski definition) is 1. The third kappa shape index (κ3) is 5.43. The number of hydrogen-bond acceptors (Lipinski definition) is 4. The molecule has 0 aliphatic carbocycles. The number of carbonyl (C=O) groups is 1. The molecule has 1 N–H and O–H groups in total. The average Bonchev–Trinajstić information content (AvgIpc) is 2.57. The van der Waals surface area contributed by atoms with E-state index in [4.69, 9.17) is 9.47 Å². The second-order valence-electron chi connectivity index (χ2n) is 5.39. The Balaban J connectivity index is 1.89. The molecule has 0 fully saturated rings. The summed E-state index contributed by atoms with van der Waals surface area (Å²) in [7, 11) is 0. The van der Waals surface area contributed by atoms with E-state index in [9.17, 15) is 4.79 Å². The number of nitrogens with one attached hydrogen (secondary N) is 1. The van der Waals surface area contributed by atoms with Gasteiger partial charge in [-0.3, -0.25) is 4.79 Å². The van der Waals surface area contributed by atoms with Crippen molar-refractivity contribution in [2.45, 2.75) is 26.9 Å². The lowest BCUT2D eigenvalue weighted by Crippen LogP contribution is -2.17. The fourth-order valence-electron chi connectivity index (χ4n) is 2.00. The number of amides is 1. The molecule has 2 aromatic carbocycles. The number of nitrogens with zero attached hydrogens (tertiary/aromatic N) is 1. The first-order valence-electron chi connectivity index (χ1n) is 7.91. The van der Waals surface area contributed by atoms with E-state index in [-0.39, 0.29) is 12.0 Å². The van der Waals surface area contributed by atoms with Crippen LogP contribution in [0.25, 0.3) is 0 Å². The standard InChI is InChI=1S/C19H22N2O3/c1-4-23-17-11-7-16(8-12-17)19(22)21-20-13-15-5-9-18(10-6-15)24-14(2)3/h5-14H,4H2,1-3H3,(H,21,22)/b20-13+. The van der Waals surface area contributed by atoms with Gasteiger partial charge in [-0.15, -0.1) is 0 Å². The molecule has 0 heterocycles. The molecular formula is C19H22N2O3. The molecule has 5 heteroatoms. The molecule has 5 nitrogen and oxygen atoms in total. The van der Waals surface area contributed by atoms with Crippen molar-refractivity contribution in [2.75, 3.05) is 6.61 Å². The summed E-state index contributed by atoms with van der Waals surface area (Å²) in [5.41, 5.74) is 3.90. The van der Waals surface area contributed by atoms with E-state index in [2.05, 4.69) is 10.5 Å². The SMILES string of the molecule is CCOc1ccc(C(=O)N/N=C/c2ccc(OC(C)C)cc2)cc1. The zero-order valence-corrected chi connectivity index (χ0v) is 14.2. The van der Waals surface area contributed by atoms with Crippen molar-refractivity contribution in [3.05, 3.63) is 59.7 Å². The second kappa shape index (κ2) is 8.72. The highest BCUT2D eigenvalue weighted by molar-refractivity contribution is 5.95. The lowest BCUT2D eigenvalue weighted by Gasteiger charge is -2.09. The lowest BCUT2D eigenvalue weighted by atomic mass is 10.2. The topological polar surface area (TPSA) is 59.9 Å². The molecule has 0 aromatic heterocycles. The highest BCUT2D eigenvalue weighted by atomic mass is 16.5. The van der Waals surface area contributed by atoms with Crippen molar-refractivity contribution in [3.63, 3.8) is 0 Å². The van der Waals surface area contributed by atoms with Gasteiger partial charge in [0.2, 0.25) is 0 Å². The van der Waals surface area contributed by atoms with Gasteiger partial charge in [0.15, 0.2) is 0 Å². The Hall–Kier alpha value is -2.82. The van der Waals surface area contributed by atoms with Gasteiger partial charge in [0.1, 0.15) is 11.5 Å². The van der Waals surface area contributed by atoms with Crippen LogP contribution in [0.3, 0.4) is 0 Å². The molecule has 0 saturated heterocycles. The Bertz CT molecular complexity index is 677. The van der Waals surface area contributed by atoms with Gasteiger partial charge >= 0.3 is 0 Å². The summed E-state index contributed by atoms with van der Waals surface area (Å²) < 4.78 is 10.9. The third-order valence-electron chi connectivity index (χ3n) is 3.06. The van der Waals surface area contributed by atoms with Crippen molar-refractivity contribution < 1.29 is 14.3 Å². The predicted octanol–water partition coefficient (Wildman–Crippen LogP) is 3.64. The maximum Gasteiger partial charge on any atom is 0.271 e. The Kier molecular flexibility index (Phi) is 6.37. The van der Waals surface area contributed by atoms with Gasteiger partial charge in [0.05, 0.1) is 18.9 Å². The molecule has 2 aromatic rings. The van der Waals surface area contributed by atoms with Gasteiger partial charge in [-0.1, -0.05) is 0 Å². The highest BCUT2D eigenvalue weighted by Crippen LogP contribution is 2.13. The van der Waals surface area contributed by atoms with E-state index in [1.165, 1.54) is 0 Å². The van der Waals surface area contributed by atoms with Crippen molar-refractivity contribution in [2.24, 2.45) is 5.10 Å². The van der Waals surface area contributed by atoms with E-state index in [0.29, 0.717) is 12.2 Å². The summed E-state index contributed by atoms with van der Waals surface area (Å²) >= 11 is 0. The molecule has 0 unspecified atom stereocenters. The van der Waals surface area contributed by atoms with E-state index in [0.717, 1.165) is 17.1 Å². The zero-order valence-electron chi connectivity index (χ0n) is 14.2. The minimum atomic E-state index is -0.269. The van der Waals surface area contributed by atoms with Crippen molar-refractivity contribution in [1.82, 2.24) is 5.43 Å². The quantitative estimate of drug-likeness (QED) is 0.624.